The fourth-order valence-electron chi connectivity index (χ4n) is 0.411. The molecule has 0 atom stereocenters. The summed E-state index contributed by atoms with van der Waals surface area (Å²) in [4.78, 5) is 1.03. The van der Waals surface area contributed by atoms with Gasteiger partial charge in [-0.1, -0.05) is 0 Å². The lowest BCUT2D eigenvalue weighted by molar-refractivity contribution is 0.633. The van der Waals surface area contributed by atoms with Crippen molar-refractivity contribution in [2.24, 2.45) is 0 Å². The molecule has 0 fully saturated rings. The SMILES string of the molecule is Cc1cc(F)cs1. The largest absolute Gasteiger partial charge is 0.206 e. The lowest BCUT2D eigenvalue weighted by Crippen LogP contribution is -1.54. The summed E-state index contributed by atoms with van der Waals surface area (Å²) in [5, 5.41) is 1.50. The van der Waals surface area contributed by atoms with Crippen LogP contribution in [0.4, 0.5) is 4.39 Å². The van der Waals surface area contributed by atoms with Crippen molar-refractivity contribution in [3.05, 3.63) is 22.1 Å². The maximum atomic E-state index is 11.9. The van der Waals surface area contributed by atoms with Gasteiger partial charge in [0.1, 0.15) is 5.82 Å². The summed E-state index contributed by atoms with van der Waals surface area (Å²) in [6.45, 7) is 1.88. The molecule has 0 aliphatic carbocycles. The van der Waals surface area contributed by atoms with Gasteiger partial charge in [-0.3, -0.25) is 0 Å². The van der Waals surface area contributed by atoms with Crippen molar-refractivity contribution in [3.8, 4) is 0 Å². The average molecular weight is 116 g/mol. The summed E-state index contributed by atoms with van der Waals surface area (Å²) in [5.41, 5.74) is 0. The highest BCUT2D eigenvalue weighted by Gasteiger charge is 1.88. The summed E-state index contributed by atoms with van der Waals surface area (Å²) in [5.74, 6) is -0.123. The summed E-state index contributed by atoms with van der Waals surface area (Å²) >= 11 is 1.43. The van der Waals surface area contributed by atoms with E-state index in [0.29, 0.717) is 0 Å². The van der Waals surface area contributed by atoms with E-state index in [0.717, 1.165) is 4.88 Å². The van der Waals surface area contributed by atoms with Gasteiger partial charge in [0.05, 0.1) is 0 Å². The number of hydrogen-bond acceptors (Lipinski definition) is 1. The predicted molar refractivity (Wildman–Crippen MR) is 29.0 cm³/mol. The van der Waals surface area contributed by atoms with E-state index in [1.54, 1.807) is 0 Å². The summed E-state index contributed by atoms with van der Waals surface area (Å²) < 4.78 is 11.9. The van der Waals surface area contributed by atoms with Crippen LogP contribution < -0.4 is 0 Å². The highest BCUT2D eigenvalue weighted by atomic mass is 32.1. The molecule has 1 heterocycles. The Hall–Kier alpha value is -0.370. The Morgan fingerprint density at radius 3 is 2.57 bits per heavy atom. The van der Waals surface area contributed by atoms with E-state index in [9.17, 15) is 4.39 Å². The van der Waals surface area contributed by atoms with Crippen molar-refractivity contribution < 1.29 is 4.39 Å². The third-order valence-electron chi connectivity index (χ3n) is 0.699. The first-order valence-corrected chi connectivity index (χ1v) is 2.87. The van der Waals surface area contributed by atoms with Crippen molar-refractivity contribution in [1.29, 1.82) is 0 Å². The molecule has 0 saturated heterocycles. The predicted octanol–water partition coefficient (Wildman–Crippen LogP) is 2.20. The molecule has 2 heteroatoms. The normalized spacial score (nSPS) is 9.43. The molecule has 0 unspecified atom stereocenters. The van der Waals surface area contributed by atoms with E-state index in [1.165, 1.54) is 22.8 Å². The van der Waals surface area contributed by atoms with E-state index in [-0.39, 0.29) is 5.82 Å². The molecule has 0 amide bonds. The van der Waals surface area contributed by atoms with E-state index in [4.69, 9.17) is 0 Å². The second-order valence-corrected chi connectivity index (χ2v) is 2.49. The topological polar surface area (TPSA) is 0 Å². The number of aryl methyl sites for hydroxylation is 1. The van der Waals surface area contributed by atoms with E-state index >= 15 is 0 Å². The van der Waals surface area contributed by atoms with Crippen LogP contribution in [0.3, 0.4) is 0 Å². The first-order valence-electron chi connectivity index (χ1n) is 1.99. The standard InChI is InChI=1S/C5H5FS/c1-4-2-5(6)3-7-4/h2-3H,1H3. The van der Waals surface area contributed by atoms with Crippen LogP contribution in [0.5, 0.6) is 0 Å². The fraction of sp³-hybridized carbons (Fsp3) is 0.200. The van der Waals surface area contributed by atoms with Gasteiger partial charge in [-0.25, -0.2) is 4.39 Å². The molecule has 0 bridgehead atoms. The van der Waals surface area contributed by atoms with Gasteiger partial charge in [0.15, 0.2) is 0 Å². The molecule has 0 aliphatic heterocycles. The molecule has 1 aromatic heterocycles. The maximum absolute atomic E-state index is 11.9. The van der Waals surface area contributed by atoms with Crippen LogP contribution in [0.15, 0.2) is 11.4 Å². The Bertz CT molecular complexity index is 140. The molecule has 0 spiro atoms. The Morgan fingerprint density at radius 2 is 2.43 bits per heavy atom. The molecular weight excluding hydrogens is 111 g/mol. The smallest absolute Gasteiger partial charge is 0.134 e. The molecule has 1 rings (SSSR count). The Morgan fingerprint density at radius 1 is 1.71 bits per heavy atom. The zero-order valence-corrected chi connectivity index (χ0v) is 4.76. The van der Waals surface area contributed by atoms with Gasteiger partial charge in [0, 0.05) is 10.3 Å². The van der Waals surface area contributed by atoms with Crippen LogP contribution in [-0.2, 0) is 0 Å². The quantitative estimate of drug-likeness (QED) is 0.487. The zero-order chi connectivity index (χ0) is 5.28. The highest BCUT2D eigenvalue weighted by molar-refractivity contribution is 7.09. The van der Waals surface area contributed by atoms with Crippen molar-refractivity contribution in [1.82, 2.24) is 0 Å². The fourth-order valence-corrected chi connectivity index (χ4v) is 0.959. The molecule has 0 saturated carbocycles. The lowest BCUT2D eigenvalue weighted by Gasteiger charge is -1.67. The molecule has 1 aromatic rings. The van der Waals surface area contributed by atoms with Gasteiger partial charge in [-0.05, 0) is 13.0 Å². The minimum Gasteiger partial charge on any atom is -0.206 e. The third-order valence-corrected chi connectivity index (χ3v) is 1.53. The number of rotatable bonds is 0. The van der Waals surface area contributed by atoms with E-state index in [2.05, 4.69) is 0 Å². The molecular formula is C5H5FS. The Balaban J connectivity index is 3.04. The van der Waals surface area contributed by atoms with Gasteiger partial charge < -0.3 is 0 Å². The van der Waals surface area contributed by atoms with E-state index < -0.39 is 0 Å². The van der Waals surface area contributed by atoms with Crippen LogP contribution >= 0.6 is 11.3 Å². The van der Waals surface area contributed by atoms with Gasteiger partial charge in [0.25, 0.3) is 0 Å². The summed E-state index contributed by atoms with van der Waals surface area (Å²) in [7, 11) is 0. The van der Waals surface area contributed by atoms with Gasteiger partial charge in [-0.15, -0.1) is 11.3 Å². The van der Waals surface area contributed by atoms with Gasteiger partial charge in [-0.2, -0.15) is 0 Å². The van der Waals surface area contributed by atoms with Crippen molar-refractivity contribution in [2.45, 2.75) is 6.92 Å². The zero-order valence-electron chi connectivity index (χ0n) is 3.94. The first-order chi connectivity index (χ1) is 3.29. The maximum Gasteiger partial charge on any atom is 0.134 e. The van der Waals surface area contributed by atoms with Gasteiger partial charge in [0.2, 0.25) is 0 Å². The van der Waals surface area contributed by atoms with Crippen molar-refractivity contribution in [2.75, 3.05) is 0 Å². The molecule has 0 aromatic carbocycles. The number of hydrogen-bond donors (Lipinski definition) is 0. The molecule has 7 heavy (non-hydrogen) atoms. The molecule has 38 valence electrons. The molecule has 0 radical (unpaired) electrons. The lowest BCUT2D eigenvalue weighted by atomic mass is 10.5. The van der Waals surface area contributed by atoms with Crippen LogP contribution in [0.1, 0.15) is 4.88 Å². The Kier molecular flexibility index (Phi) is 1.11. The van der Waals surface area contributed by atoms with Crippen molar-refractivity contribution >= 4 is 11.3 Å². The van der Waals surface area contributed by atoms with Crippen LogP contribution in [-0.4, -0.2) is 0 Å². The minimum atomic E-state index is -0.123. The molecule has 0 aliphatic rings. The number of thiophene rings is 1. The third kappa shape index (κ3) is 0.996. The molecule has 0 N–H and O–H groups in total. The minimum absolute atomic E-state index is 0.123. The summed E-state index contributed by atoms with van der Waals surface area (Å²) in [6.07, 6.45) is 0. The molecule has 0 nitrogen and oxygen atoms in total. The van der Waals surface area contributed by atoms with Crippen molar-refractivity contribution in [3.63, 3.8) is 0 Å². The second kappa shape index (κ2) is 1.62. The number of halogens is 1. The average Bonchev–Trinajstić information content (AvgIpc) is 1.87. The second-order valence-electron chi connectivity index (χ2n) is 1.38. The first kappa shape index (κ1) is 4.78. The van der Waals surface area contributed by atoms with E-state index in [1.807, 2.05) is 6.92 Å². The Labute approximate surface area is 45.6 Å². The van der Waals surface area contributed by atoms with Crippen LogP contribution in [0, 0.1) is 12.7 Å². The summed E-state index contributed by atoms with van der Waals surface area (Å²) in [6, 6.07) is 1.52. The van der Waals surface area contributed by atoms with Gasteiger partial charge >= 0.3 is 0 Å². The highest BCUT2D eigenvalue weighted by Crippen LogP contribution is 2.09. The van der Waals surface area contributed by atoms with Crippen LogP contribution in [0.2, 0.25) is 0 Å². The monoisotopic (exact) mass is 116 g/mol. The van der Waals surface area contributed by atoms with Crippen LogP contribution in [0.25, 0.3) is 0 Å².